The van der Waals surface area contributed by atoms with E-state index in [-0.39, 0.29) is 5.75 Å². The summed E-state index contributed by atoms with van der Waals surface area (Å²) in [6.45, 7) is 0. The van der Waals surface area contributed by atoms with Crippen molar-refractivity contribution in [2.45, 2.75) is 0 Å². The van der Waals surface area contributed by atoms with Crippen LogP contribution < -0.4 is 5.32 Å². The molecule has 0 atom stereocenters. The first kappa shape index (κ1) is 10.7. The van der Waals surface area contributed by atoms with Gasteiger partial charge in [0.25, 0.3) is 0 Å². The molecule has 0 amide bonds. The Labute approximate surface area is 54.5 Å². The van der Waals surface area contributed by atoms with E-state index in [4.69, 9.17) is 5.11 Å². The third kappa shape index (κ3) is 41.7. The van der Waals surface area contributed by atoms with Crippen molar-refractivity contribution >= 4 is 18.6 Å². The highest BCUT2D eigenvalue weighted by atomic mass is 32.1. The van der Waals surface area contributed by atoms with Crippen LogP contribution in [-0.2, 0) is 4.79 Å². The zero-order valence-corrected chi connectivity index (χ0v) is 5.90. The van der Waals surface area contributed by atoms with Crippen LogP contribution in [0.4, 0.5) is 0 Å². The number of thiol groups is 1. The van der Waals surface area contributed by atoms with Gasteiger partial charge in [0.2, 0.25) is 0 Å². The van der Waals surface area contributed by atoms with Gasteiger partial charge in [-0.05, 0) is 14.1 Å². The summed E-state index contributed by atoms with van der Waals surface area (Å²) in [7, 11) is 3.75. The van der Waals surface area contributed by atoms with Crippen molar-refractivity contribution in [1.29, 1.82) is 0 Å². The number of carbonyl (C=O) groups is 1. The Morgan fingerprint density at radius 2 is 1.88 bits per heavy atom. The minimum atomic E-state index is -0.881. The molecule has 0 bridgehead atoms. The number of rotatable bonds is 1. The van der Waals surface area contributed by atoms with E-state index >= 15 is 0 Å². The van der Waals surface area contributed by atoms with Crippen molar-refractivity contribution in [3.63, 3.8) is 0 Å². The van der Waals surface area contributed by atoms with Gasteiger partial charge in [-0.3, -0.25) is 4.79 Å². The molecule has 4 heteroatoms. The molecule has 0 spiro atoms. The average Bonchev–Trinajstić information content (AvgIpc) is 1.69. The van der Waals surface area contributed by atoms with Gasteiger partial charge in [-0.1, -0.05) is 0 Å². The lowest BCUT2D eigenvalue weighted by atomic mass is 10.8. The summed E-state index contributed by atoms with van der Waals surface area (Å²) in [5.74, 6) is -0.965. The molecule has 0 heterocycles. The number of nitrogens with one attached hydrogen (secondary N) is 1. The summed E-state index contributed by atoms with van der Waals surface area (Å²) in [6.07, 6.45) is 0. The van der Waals surface area contributed by atoms with E-state index in [0.29, 0.717) is 0 Å². The molecule has 0 aliphatic heterocycles. The number of hydrogen-bond donors (Lipinski definition) is 3. The fraction of sp³-hybridized carbons (Fsp3) is 0.750. The van der Waals surface area contributed by atoms with Crippen molar-refractivity contribution in [1.82, 2.24) is 5.32 Å². The molecule has 0 unspecified atom stereocenters. The normalized spacial score (nSPS) is 6.88. The van der Waals surface area contributed by atoms with Crippen LogP contribution >= 0.6 is 12.6 Å². The Kier molecular flexibility index (Phi) is 13.3. The highest BCUT2D eigenvalue weighted by Crippen LogP contribution is 1.66. The largest absolute Gasteiger partial charge is 0.481 e. The second kappa shape index (κ2) is 9.91. The Balaban J connectivity index is 0. The lowest BCUT2D eigenvalue weighted by molar-refractivity contribution is -0.133. The van der Waals surface area contributed by atoms with E-state index in [0.717, 1.165) is 0 Å². The maximum absolute atomic E-state index is 9.29. The third-order valence-corrected chi connectivity index (χ3v) is 0.406. The predicted molar refractivity (Wildman–Crippen MR) is 36.5 cm³/mol. The van der Waals surface area contributed by atoms with E-state index in [1.54, 1.807) is 0 Å². The quantitative estimate of drug-likeness (QED) is 0.440. The van der Waals surface area contributed by atoms with Gasteiger partial charge >= 0.3 is 5.97 Å². The summed E-state index contributed by atoms with van der Waals surface area (Å²) in [5.41, 5.74) is 0. The van der Waals surface area contributed by atoms with E-state index < -0.39 is 5.97 Å². The fourth-order valence-corrected chi connectivity index (χ4v) is 0. The van der Waals surface area contributed by atoms with Gasteiger partial charge in [0.1, 0.15) is 0 Å². The van der Waals surface area contributed by atoms with Gasteiger partial charge in [0.05, 0.1) is 5.75 Å². The maximum atomic E-state index is 9.29. The second-order valence-corrected chi connectivity index (χ2v) is 1.37. The smallest absolute Gasteiger partial charge is 0.313 e. The van der Waals surface area contributed by atoms with Gasteiger partial charge in [0, 0.05) is 0 Å². The van der Waals surface area contributed by atoms with E-state index in [9.17, 15) is 4.79 Å². The van der Waals surface area contributed by atoms with Crippen molar-refractivity contribution in [2.24, 2.45) is 0 Å². The van der Waals surface area contributed by atoms with Crippen molar-refractivity contribution in [3.05, 3.63) is 0 Å². The molecule has 2 N–H and O–H groups in total. The molecule has 0 rings (SSSR count). The molecular weight excluding hydrogens is 126 g/mol. The SMILES string of the molecule is CNC.O=C(O)CS. The minimum Gasteiger partial charge on any atom is -0.481 e. The van der Waals surface area contributed by atoms with Crippen LogP contribution in [0, 0.1) is 0 Å². The van der Waals surface area contributed by atoms with Gasteiger partial charge in [-0.15, -0.1) is 0 Å². The summed E-state index contributed by atoms with van der Waals surface area (Å²) >= 11 is 3.42. The topological polar surface area (TPSA) is 49.3 Å². The van der Waals surface area contributed by atoms with Crippen LogP contribution in [0.3, 0.4) is 0 Å². The first-order valence-corrected chi connectivity index (χ1v) is 2.73. The number of aliphatic carboxylic acids is 1. The molecule has 0 aromatic heterocycles. The zero-order valence-electron chi connectivity index (χ0n) is 5.01. The number of hydrogen-bond acceptors (Lipinski definition) is 3. The molecular formula is C4H11NO2S. The lowest BCUT2D eigenvalue weighted by Crippen LogP contribution is -1.92. The molecule has 0 saturated carbocycles. The molecule has 0 saturated heterocycles. The van der Waals surface area contributed by atoms with Crippen LogP contribution in [0.25, 0.3) is 0 Å². The van der Waals surface area contributed by atoms with Crippen LogP contribution in [0.15, 0.2) is 0 Å². The van der Waals surface area contributed by atoms with Crippen molar-refractivity contribution in [3.8, 4) is 0 Å². The first-order valence-electron chi connectivity index (χ1n) is 2.10. The Bertz CT molecular complexity index is 58.0. The van der Waals surface area contributed by atoms with Crippen LogP contribution in [0.2, 0.25) is 0 Å². The average molecular weight is 137 g/mol. The Morgan fingerprint density at radius 3 is 1.88 bits per heavy atom. The molecule has 8 heavy (non-hydrogen) atoms. The standard InChI is InChI=1S/C2H7N.C2H4O2S/c1-3-2;3-2(4)1-5/h3H,1-2H3;5H,1H2,(H,3,4). The molecule has 0 fully saturated rings. The molecule has 50 valence electrons. The summed E-state index contributed by atoms with van der Waals surface area (Å²) in [6, 6.07) is 0. The van der Waals surface area contributed by atoms with Gasteiger partial charge in [0.15, 0.2) is 0 Å². The van der Waals surface area contributed by atoms with Crippen LogP contribution in [0.1, 0.15) is 0 Å². The van der Waals surface area contributed by atoms with Crippen LogP contribution in [-0.4, -0.2) is 30.9 Å². The molecule has 0 aliphatic carbocycles. The molecule has 0 radical (unpaired) electrons. The van der Waals surface area contributed by atoms with Crippen molar-refractivity contribution in [2.75, 3.05) is 19.8 Å². The van der Waals surface area contributed by atoms with Gasteiger partial charge < -0.3 is 10.4 Å². The number of carboxylic acids is 1. The molecule has 3 nitrogen and oxygen atoms in total. The predicted octanol–water partition coefficient (Wildman–Crippen LogP) is -0.164. The van der Waals surface area contributed by atoms with Gasteiger partial charge in [-0.25, -0.2) is 0 Å². The monoisotopic (exact) mass is 137 g/mol. The van der Waals surface area contributed by atoms with E-state index in [1.165, 1.54) is 0 Å². The maximum Gasteiger partial charge on any atom is 0.313 e. The first-order chi connectivity index (χ1) is 3.68. The molecule has 0 aromatic rings. The highest BCUT2D eigenvalue weighted by molar-refractivity contribution is 7.81. The summed E-state index contributed by atoms with van der Waals surface area (Å²) < 4.78 is 0. The highest BCUT2D eigenvalue weighted by Gasteiger charge is 1.81. The van der Waals surface area contributed by atoms with E-state index in [2.05, 4.69) is 17.9 Å². The number of carboxylic acid groups (broad SMARTS) is 1. The summed E-state index contributed by atoms with van der Waals surface area (Å²) in [4.78, 5) is 9.29. The van der Waals surface area contributed by atoms with Gasteiger partial charge in [-0.2, -0.15) is 12.6 Å². The Morgan fingerprint density at radius 1 is 1.75 bits per heavy atom. The second-order valence-electron chi connectivity index (χ2n) is 1.05. The zero-order chi connectivity index (χ0) is 6.99. The fourth-order valence-electron chi connectivity index (χ4n) is 0. The molecule has 0 aromatic carbocycles. The van der Waals surface area contributed by atoms with Crippen molar-refractivity contribution < 1.29 is 9.90 Å². The summed E-state index contributed by atoms with van der Waals surface area (Å²) in [5, 5.41) is 10.4. The lowest BCUT2D eigenvalue weighted by Gasteiger charge is -1.71. The molecule has 0 aliphatic rings. The minimum absolute atomic E-state index is 0.0833. The van der Waals surface area contributed by atoms with Crippen LogP contribution in [0.5, 0.6) is 0 Å². The van der Waals surface area contributed by atoms with E-state index in [1.807, 2.05) is 14.1 Å². The third-order valence-electron chi connectivity index (χ3n) is 0.135. The Hall–Kier alpha value is -0.220.